The minimum atomic E-state index is 0. The van der Waals surface area contributed by atoms with Gasteiger partial charge in [-0.2, -0.15) is 13.8 Å². The molecule has 0 aliphatic rings. The predicted molar refractivity (Wildman–Crippen MR) is 27.8 cm³/mol. The second-order valence-corrected chi connectivity index (χ2v) is 0. The number of hydrogen-bond acceptors (Lipinski definition) is 0. The molecule has 0 nitrogen and oxygen atoms in total. The maximum atomic E-state index is 3.25. The van der Waals surface area contributed by atoms with Crippen LogP contribution in [0.2, 0.25) is 0 Å². The van der Waals surface area contributed by atoms with Gasteiger partial charge in [-0.15, -0.1) is 0 Å². The van der Waals surface area contributed by atoms with Crippen LogP contribution in [-0.2, 0) is 19.5 Å². The molecule has 0 aromatic rings. The Hall–Kier alpha value is 1.49. The minimum Gasteiger partial charge on any atom is -0.346 e. The van der Waals surface area contributed by atoms with E-state index >= 15 is 0 Å². The quantitative estimate of drug-likeness (QED) is 0.441. The molecule has 0 N–H and O–H groups in total. The molecule has 0 aliphatic heterocycles. The second kappa shape index (κ2) is 87.9. The topological polar surface area (TPSA) is 0 Å². The molecule has 0 amide bonds. The summed E-state index contributed by atoms with van der Waals surface area (Å²) in [5.41, 5.74) is 0. The summed E-state index contributed by atoms with van der Waals surface area (Å²) in [4.78, 5) is 0. The van der Waals surface area contributed by atoms with Crippen molar-refractivity contribution >= 4 is 25.8 Å². The third kappa shape index (κ3) is 49.7. The first kappa shape index (κ1) is 25.9. The molecule has 0 aromatic carbocycles. The zero-order valence-electron chi connectivity index (χ0n) is 4.70. The molecule has 0 bridgehead atoms. The first-order chi connectivity index (χ1) is 2.00. The fourth-order valence-corrected chi connectivity index (χ4v) is 0. The summed E-state index contributed by atoms with van der Waals surface area (Å²) in [5.74, 6) is 0. The van der Waals surface area contributed by atoms with Crippen molar-refractivity contribution in [3.63, 3.8) is 0 Å². The van der Waals surface area contributed by atoms with Gasteiger partial charge in [-0.3, -0.25) is 0 Å². The fraction of sp³-hybridized carbons (Fsp3) is 0.500. The van der Waals surface area contributed by atoms with Crippen LogP contribution in [0.25, 0.3) is 0 Å². The van der Waals surface area contributed by atoms with Gasteiger partial charge in [0.2, 0.25) is 0 Å². The van der Waals surface area contributed by atoms with E-state index in [9.17, 15) is 0 Å². The molecular formula is C4H10InZn. The summed E-state index contributed by atoms with van der Waals surface area (Å²) < 4.78 is 0. The maximum absolute atomic E-state index is 3.25. The van der Waals surface area contributed by atoms with E-state index in [2.05, 4.69) is 13.8 Å². The standard InChI is InChI=1S/2C2H5.In.Zn/c2*1-2;;/h2*1H2,2H3;;/q2*-1;;+2. The molecule has 31 valence electrons. The van der Waals surface area contributed by atoms with E-state index < -0.39 is 0 Å². The van der Waals surface area contributed by atoms with Gasteiger partial charge in [-0.1, -0.05) is 0 Å². The predicted octanol–water partition coefficient (Wildman–Crippen LogP) is 1.30. The Morgan fingerprint density at radius 1 is 0.833 bits per heavy atom. The Labute approximate surface area is 72.6 Å². The van der Waals surface area contributed by atoms with Gasteiger partial charge in [0.05, 0.1) is 0 Å². The SMILES string of the molecule is [CH2-]C.[CH2-]C.[In].[Zn+2]. The third-order valence-corrected chi connectivity index (χ3v) is 0. The third-order valence-electron chi connectivity index (χ3n) is 0. The van der Waals surface area contributed by atoms with Gasteiger partial charge in [0, 0.05) is 25.8 Å². The molecular weight excluding hydrogens is 228 g/mol. The van der Waals surface area contributed by atoms with E-state index in [-0.39, 0.29) is 45.3 Å². The van der Waals surface area contributed by atoms with Crippen LogP contribution in [0.5, 0.6) is 0 Å². The Balaban J connectivity index is -0.00000000500. The Bertz CT molecular complexity index is 7.51. The molecule has 2 heteroatoms. The molecule has 0 aromatic heterocycles. The Morgan fingerprint density at radius 3 is 0.833 bits per heavy atom. The molecule has 6 heavy (non-hydrogen) atoms. The monoisotopic (exact) mass is 237 g/mol. The Morgan fingerprint density at radius 2 is 0.833 bits per heavy atom. The van der Waals surface area contributed by atoms with Crippen LogP contribution >= 0.6 is 0 Å². The normalized spacial score (nSPS) is 2.00. The number of rotatable bonds is 0. The zero-order chi connectivity index (χ0) is 4.00. The second-order valence-electron chi connectivity index (χ2n) is 0. The van der Waals surface area contributed by atoms with Gasteiger partial charge in [-0.05, 0) is 0 Å². The molecule has 0 heterocycles. The molecule has 0 fully saturated rings. The van der Waals surface area contributed by atoms with Crippen LogP contribution in [0, 0.1) is 13.8 Å². The van der Waals surface area contributed by atoms with Crippen molar-refractivity contribution in [2.24, 2.45) is 0 Å². The van der Waals surface area contributed by atoms with Gasteiger partial charge >= 0.3 is 19.5 Å². The average Bonchev–Trinajstić information content (AvgIpc) is 1.50. The van der Waals surface area contributed by atoms with Crippen molar-refractivity contribution in [3.8, 4) is 0 Å². The molecule has 0 saturated heterocycles. The fourth-order valence-electron chi connectivity index (χ4n) is 0. The Kier molecular flexibility index (Phi) is 379. The smallest absolute Gasteiger partial charge is 0.346 e. The van der Waals surface area contributed by atoms with Gasteiger partial charge in [0.15, 0.2) is 0 Å². The van der Waals surface area contributed by atoms with Crippen LogP contribution in [0.1, 0.15) is 13.8 Å². The van der Waals surface area contributed by atoms with Crippen LogP contribution in [0.3, 0.4) is 0 Å². The summed E-state index contributed by atoms with van der Waals surface area (Å²) >= 11 is 0. The summed E-state index contributed by atoms with van der Waals surface area (Å²) in [6.07, 6.45) is 0. The molecule has 0 rings (SSSR count). The largest absolute Gasteiger partial charge is 2.00 e. The molecule has 0 spiro atoms. The van der Waals surface area contributed by atoms with Crippen LogP contribution in [-0.4, -0.2) is 25.8 Å². The van der Waals surface area contributed by atoms with E-state index in [0.29, 0.717) is 0 Å². The van der Waals surface area contributed by atoms with E-state index in [0.717, 1.165) is 0 Å². The summed E-state index contributed by atoms with van der Waals surface area (Å²) in [7, 11) is 0. The van der Waals surface area contributed by atoms with Crippen molar-refractivity contribution < 1.29 is 19.5 Å². The molecule has 0 unspecified atom stereocenters. The van der Waals surface area contributed by atoms with Gasteiger partial charge in [0.1, 0.15) is 0 Å². The van der Waals surface area contributed by atoms with E-state index in [4.69, 9.17) is 0 Å². The van der Waals surface area contributed by atoms with E-state index in [1.54, 1.807) is 13.8 Å². The molecule has 0 aliphatic carbocycles. The summed E-state index contributed by atoms with van der Waals surface area (Å²) in [5, 5.41) is 0. The van der Waals surface area contributed by atoms with E-state index in [1.807, 2.05) is 0 Å². The first-order valence-electron chi connectivity index (χ1n) is 1.41. The van der Waals surface area contributed by atoms with Gasteiger partial charge < -0.3 is 13.8 Å². The van der Waals surface area contributed by atoms with Crippen molar-refractivity contribution in [3.05, 3.63) is 13.8 Å². The molecule has 0 atom stereocenters. The molecule has 0 saturated carbocycles. The van der Waals surface area contributed by atoms with Crippen molar-refractivity contribution in [1.29, 1.82) is 0 Å². The van der Waals surface area contributed by atoms with Gasteiger partial charge in [0.25, 0.3) is 0 Å². The number of hydrogen-bond donors (Lipinski definition) is 0. The average molecular weight is 238 g/mol. The van der Waals surface area contributed by atoms with Crippen LogP contribution in [0.15, 0.2) is 0 Å². The summed E-state index contributed by atoms with van der Waals surface area (Å²) in [6, 6.07) is 0. The van der Waals surface area contributed by atoms with Crippen LogP contribution < -0.4 is 0 Å². The maximum Gasteiger partial charge on any atom is 2.00 e. The van der Waals surface area contributed by atoms with Crippen LogP contribution in [0.4, 0.5) is 0 Å². The minimum absolute atomic E-state index is 0. The van der Waals surface area contributed by atoms with Gasteiger partial charge in [-0.25, -0.2) is 0 Å². The van der Waals surface area contributed by atoms with Crippen molar-refractivity contribution in [2.45, 2.75) is 13.8 Å². The molecule has 3 radical (unpaired) electrons. The first-order valence-corrected chi connectivity index (χ1v) is 1.41. The van der Waals surface area contributed by atoms with Crippen molar-refractivity contribution in [2.75, 3.05) is 0 Å². The zero-order valence-corrected chi connectivity index (χ0v) is 11.0. The van der Waals surface area contributed by atoms with E-state index in [1.165, 1.54) is 0 Å². The summed E-state index contributed by atoms with van der Waals surface area (Å²) in [6.45, 7) is 10.0. The van der Waals surface area contributed by atoms with Crippen molar-refractivity contribution in [1.82, 2.24) is 0 Å².